The van der Waals surface area contributed by atoms with Crippen molar-refractivity contribution in [3.05, 3.63) is 71.3 Å². The number of hydrogen-bond donors (Lipinski definition) is 2. The summed E-state index contributed by atoms with van der Waals surface area (Å²) in [4.78, 5) is 12.4. The summed E-state index contributed by atoms with van der Waals surface area (Å²) in [7, 11) is 0. The van der Waals surface area contributed by atoms with Crippen LogP contribution in [0.1, 0.15) is 53.6 Å². The van der Waals surface area contributed by atoms with Crippen LogP contribution in [-0.4, -0.2) is 31.2 Å². The van der Waals surface area contributed by atoms with Crippen molar-refractivity contribution in [3.63, 3.8) is 0 Å². The number of hydrogen-bond acceptors (Lipinski definition) is 3. The minimum absolute atomic E-state index is 0.0153. The van der Waals surface area contributed by atoms with Gasteiger partial charge in [0.25, 0.3) is 5.91 Å². The molecule has 28 heavy (non-hydrogen) atoms. The van der Waals surface area contributed by atoms with Crippen LogP contribution in [0.25, 0.3) is 0 Å². The zero-order valence-electron chi connectivity index (χ0n) is 16.6. The summed E-state index contributed by atoms with van der Waals surface area (Å²) in [6.07, 6.45) is 3.47. The first-order valence-electron chi connectivity index (χ1n) is 10.5. The van der Waals surface area contributed by atoms with Gasteiger partial charge in [-0.1, -0.05) is 49.4 Å². The molecule has 0 bridgehead atoms. The molecule has 4 nitrogen and oxygen atoms in total. The maximum absolute atomic E-state index is 12.4. The Balaban J connectivity index is 1.26. The largest absolute Gasteiger partial charge is 0.376 e. The number of ether oxygens (including phenoxy) is 1. The van der Waals surface area contributed by atoms with Gasteiger partial charge in [0, 0.05) is 31.3 Å². The van der Waals surface area contributed by atoms with Crippen molar-refractivity contribution in [3.8, 4) is 0 Å². The van der Waals surface area contributed by atoms with Crippen LogP contribution in [0.4, 0.5) is 0 Å². The predicted octanol–water partition coefficient (Wildman–Crippen LogP) is 3.88. The molecule has 0 unspecified atom stereocenters. The lowest BCUT2D eigenvalue weighted by Crippen LogP contribution is -2.47. The number of carbonyl (C=O) groups excluding carboxylic acids is 1. The van der Waals surface area contributed by atoms with Crippen molar-refractivity contribution >= 4 is 5.91 Å². The second-order valence-electron chi connectivity index (χ2n) is 8.14. The zero-order valence-corrected chi connectivity index (χ0v) is 16.6. The first-order valence-corrected chi connectivity index (χ1v) is 10.5. The molecule has 0 radical (unpaired) electrons. The second kappa shape index (κ2) is 8.89. The van der Waals surface area contributed by atoms with Crippen LogP contribution in [0.5, 0.6) is 0 Å². The van der Waals surface area contributed by atoms with Crippen molar-refractivity contribution in [2.24, 2.45) is 5.92 Å². The van der Waals surface area contributed by atoms with Gasteiger partial charge in [0.1, 0.15) is 0 Å². The average Bonchev–Trinajstić information content (AvgIpc) is 3.25. The summed E-state index contributed by atoms with van der Waals surface area (Å²) < 4.78 is 5.57. The molecule has 0 aromatic heterocycles. The van der Waals surface area contributed by atoms with E-state index in [9.17, 15) is 4.79 Å². The second-order valence-corrected chi connectivity index (χ2v) is 8.14. The van der Waals surface area contributed by atoms with Crippen LogP contribution in [-0.2, 0) is 11.3 Å². The molecule has 2 aliphatic rings. The van der Waals surface area contributed by atoms with Crippen LogP contribution in [0.15, 0.2) is 54.6 Å². The van der Waals surface area contributed by atoms with Crippen LogP contribution in [0, 0.1) is 5.92 Å². The van der Waals surface area contributed by atoms with Crippen molar-refractivity contribution in [2.75, 3.05) is 13.2 Å². The van der Waals surface area contributed by atoms with E-state index in [0.29, 0.717) is 24.4 Å². The molecule has 4 heteroatoms. The van der Waals surface area contributed by atoms with E-state index in [0.717, 1.165) is 37.1 Å². The fourth-order valence-electron chi connectivity index (χ4n) is 4.38. The van der Waals surface area contributed by atoms with Crippen molar-refractivity contribution in [1.82, 2.24) is 10.6 Å². The summed E-state index contributed by atoms with van der Waals surface area (Å²) in [6.45, 7) is 4.53. The quantitative estimate of drug-likeness (QED) is 0.769. The number of amides is 1. The van der Waals surface area contributed by atoms with E-state index in [1.807, 2.05) is 18.2 Å². The fourth-order valence-corrected chi connectivity index (χ4v) is 4.38. The van der Waals surface area contributed by atoms with Crippen molar-refractivity contribution in [2.45, 2.75) is 50.8 Å². The van der Waals surface area contributed by atoms with Gasteiger partial charge in [0.2, 0.25) is 0 Å². The van der Waals surface area contributed by atoms with Crippen molar-refractivity contribution in [1.29, 1.82) is 0 Å². The topological polar surface area (TPSA) is 50.4 Å². The molecule has 1 saturated carbocycles. The zero-order chi connectivity index (χ0) is 19.3. The molecule has 4 rings (SSSR count). The monoisotopic (exact) mass is 378 g/mol. The molecule has 2 aromatic carbocycles. The lowest BCUT2D eigenvalue weighted by atomic mass is 9.67. The van der Waals surface area contributed by atoms with E-state index >= 15 is 0 Å². The van der Waals surface area contributed by atoms with Crippen LogP contribution >= 0.6 is 0 Å². The molecule has 1 saturated heterocycles. The molecular weight excluding hydrogens is 348 g/mol. The maximum Gasteiger partial charge on any atom is 0.251 e. The molecule has 2 fully saturated rings. The van der Waals surface area contributed by atoms with E-state index in [1.165, 1.54) is 12.0 Å². The highest BCUT2D eigenvalue weighted by Crippen LogP contribution is 2.42. The molecular formula is C24H30N2O2. The first kappa shape index (κ1) is 19.2. The molecule has 148 valence electrons. The number of benzene rings is 2. The Morgan fingerprint density at radius 3 is 2.75 bits per heavy atom. The van der Waals surface area contributed by atoms with Gasteiger partial charge in [0.15, 0.2) is 0 Å². The highest BCUT2D eigenvalue weighted by atomic mass is 16.5. The third-order valence-electron chi connectivity index (χ3n) is 6.28. The molecule has 2 N–H and O–H groups in total. The predicted molar refractivity (Wildman–Crippen MR) is 111 cm³/mol. The Bertz CT molecular complexity index is 786. The van der Waals surface area contributed by atoms with Gasteiger partial charge < -0.3 is 15.4 Å². The normalized spacial score (nSPS) is 26.6. The molecule has 1 aliphatic heterocycles. The Hall–Kier alpha value is -2.17. The average molecular weight is 379 g/mol. The third kappa shape index (κ3) is 4.45. The Labute approximate surface area is 167 Å². The van der Waals surface area contributed by atoms with E-state index in [4.69, 9.17) is 4.74 Å². The van der Waals surface area contributed by atoms with Gasteiger partial charge in [0.05, 0.1) is 6.10 Å². The first-order chi connectivity index (χ1) is 13.7. The Morgan fingerprint density at radius 2 is 2.00 bits per heavy atom. The molecule has 1 amide bonds. The van der Waals surface area contributed by atoms with Gasteiger partial charge in [-0.2, -0.15) is 0 Å². The third-order valence-corrected chi connectivity index (χ3v) is 6.28. The van der Waals surface area contributed by atoms with Gasteiger partial charge in [-0.3, -0.25) is 4.79 Å². The highest BCUT2D eigenvalue weighted by molar-refractivity contribution is 5.94. The number of rotatable bonds is 7. The minimum atomic E-state index is -0.0153. The molecule has 1 heterocycles. The van der Waals surface area contributed by atoms with Crippen LogP contribution in [0.2, 0.25) is 0 Å². The fraction of sp³-hybridized carbons (Fsp3) is 0.458. The highest BCUT2D eigenvalue weighted by Gasteiger charge is 2.37. The van der Waals surface area contributed by atoms with E-state index in [-0.39, 0.29) is 12.0 Å². The Morgan fingerprint density at radius 1 is 1.14 bits per heavy atom. The van der Waals surface area contributed by atoms with Gasteiger partial charge in [-0.15, -0.1) is 0 Å². The molecule has 4 atom stereocenters. The molecule has 0 spiro atoms. The summed E-state index contributed by atoms with van der Waals surface area (Å²) in [5, 5.41) is 6.68. The van der Waals surface area contributed by atoms with Gasteiger partial charge >= 0.3 is 0 Å². The van der Waals surface area contributed by atoms with Crippen LogP contribution in [0.3, 0.4) is 0 Å². The SMILES string of the molecule is C[C@@H]1[C@H](NCc2cccc(C(=O)NC[C@@H]3CCCO3)c2)C[C@H]1c1ccccc1. The summed E-state index contributed by atoms with van der Waals surface area (Å²) in [5.74, 6) is 1.26. The molecule has 2 aromatic rings. The summed E-state index contributed by atoms with van der Waals surface area (Å²) in [6, 6.07) is 19.2. The van der Waals surface area contributed by atoms with Crippen LogP contribution < -0.4 is 10.6 Å². The van der Waals surface area contributed by atoms with Crippen molar-refractivity contribution < 1.29 is 9.53 Å². The Kier molecular flexibility index (Phi) is 6.08. The lowest BCUT2D eigenvalue weighted by molar-refractivity contribution is 0.0857. The number of carbonyl (C=O) groups is 1. The van der Waals surface area contributed by atoms with E-state index < -0.39 is 0 Å². The number of nitrogens with one attached hydrogen (secondary N) is 2. The van der Waals surface area contributed by atoms with Gasteiger partial charge in [-0.05, 0) is 54.4 Å². The standard InChI is InChI=1S/C24H30N2O2/c1-17-22(19-8-3-2-4-9-19)14-23(17)25-15-18-7-5-10-20(13-18)24(27)26-16-21-11-6-12-28-21/h2-5,7-10,13,17,21-23,25H,6,11-12,14-16H2,1H3,(H,26,27)/t17-,21-,22+,23+/m0/s1. The summed E-state index contributed by atoms with van der Waals surface area (Å²) in [5.41, 5.74) is 3.32. The van der Waals surface area contributed by atoms with E-state index in [2.05, 4.69) is 54.0 Å². The van der Waals surface area contributed by atoms with Gasteiger partial charge in [-0.25, -0.2) is 0 Å². The minimum Gasteiger partial charge on any atom is -0.376 e. The van der Waals surface area contributed by atoms with E-state index in [1.54, 1.807) is 0 Å². The maximum atomic E-state index is 12.4. The smallest absolute Gasteiger partial charge is 0.251 e. The summed E-state index contributed by atoms with van der Waals surface area (Å²) >= 11 is 0. The molecule has 1 aliphatic carbocycles. The lowest BCUT2D eigenvalue weighted by Gasteiger charge is -2.44.